The van der Waals surface area contributed by atoms with Crippen LogP contribution in [0, 0.1) is 12.3 Å². The Kier molecular flexibility index (Phi) is 3.46. The van der Waals surface area contributed by atoms with Crippen LogP contribution in [0.5, 0.6) is 0 Å². The van der Waals surface area contributed by atoms with E-state index >= 15 is 0 Å². The standard InChI is InChI=1S/C16H23N3O3/c1-11-8-13(18-22-11)9-19-6-4-14-16(10-19,5-7-21-14)15(20)17-12-2-3-12/h8,12,14H,2-7,9-10H2,1H3,(H,17,20)/t14-,16-/m1/s1. The van der Waals surface area contributed by atoms with E-state index in [2.05, 4.69) is 15.4 Å². The number of rotatable bonds is 4. The first kappa shape index (κ1) is 14.2. The van der Waals surface area contributed by atoms with Crippen LogP contribution >= 0.6 is 0 Å². The minimum atomic E-state index is -0.375. The van der Waals surface area contributed by atoms with Gasteiger partial charge in [-0.15, -0.1) is 0 Å². The number of hydrogen-bond donors (Lipinski definition) is 1. The number of nitrogens with zero attached hydrogens (tertiary/aromatic N) is 2. The molecule has 2 saturated heterocycles. The molecule has 6 nitrogen and oxygen atoms in total. The van der Waals surface area contributed by atoms with Gasteiger partial charge in [0.15, 0.2) is 0 Å². The topological polar surface area (TPSA) is 67.6 Å². The van der Waals surface area contributed by atoms with Crippen molar-refractivity contribution in [1.29, 1.82) is 0 Å². The average molecular weight is 305 g/mol. The van der Waals surface area contributed by atoms with E-state index in [1.165, 1.54) is 0 Å². The third-order valence-corrected chi connectivity index (χ3v) is 5.12. The van der Waals surface area contributed by atoms with Gasteiger partial charge in [-0.1, -0.05) is 5.16 Å². The van der Waals surface area contributed by atoms with E-state index in [1.54, 1.807) is 0 Å². The van der Waals surface area contributed by atoms with Gasteiger partial charge < -0.3 is 14.6 Å². The van der Waals surface area contributed by atoms with Gasteiger partial charge in [0, 0.05) is 38.3 Å². The second kappa shape index (κ2) is 5.35. The number of aromatic nitrogens is 1. The van der Waals surface area contributed by atoms with Crippen molar-refractivity contribution in [3.8, 4) is 0 Å². The van der Waals surface area contributed by atoms with Gasteiger partial charge in [-0.05, 0) is 32.6 Å². The van der Waals surface area contributed by atoms with Crippen LogP contribution < -0.4 is 5.32 Å². The van der Waals surface area contributed by atoms with E-state index in [0.29, 0.717) is 12.6 Å². The number of likely N-dealkylation sites (tertiary alicyclic amines) is 1. The van der Waals surface area contributed by atoms with Gasteiger partial charge in [-0.3, -0.25) is 9.69 Å². The summed E-state index contributed by atoms with van der Waals surface area (Å²) >= 11 is 0. The Morgan fingerprint density at radius 3 is 3.09 bits per heavy atom. The van der Waals surface area contributed by atoms with Crippen LogP contribution in [0.1, 0.15) is 37.1 Å². The highest BCUT2D eigenvalue weighted by atomic mass is 16.5. The molecule has 4 rings (SSSR count). The summed E-state index contributed by atoms with van der Waals surface area (Å²) in [6, 6.07) is 2.37. The predicted octanol–water partition coefficient (Wildman–Crippen LogP) is 1.24. The fourth-order valence-electron chi connectivity index (χ4n) is 3.77. The summed E-state index contributed by atoms with van der Waals surface area (Å²) in [7, 11) is 0. The Labute approximate surface area is 130 Å². The molecule has 0 radical (unpaired) electrons. The lowest BCUT2D eigenvalue weighted by atomic mass is 9.75. The molecular formula is C16H23N3O3. The molecule has 22 heavy (non-hydrogen) atoms. The molecule has 1 aromatic rings. The third kappa shape index (κ3) is 2.54. The minimum Gasteiger partial charge on any atom is -0.377 e. The van der Waals surface area contributed by atoms with E-state index < -0.39 is 0 Å². The maximum atomic E-state index is 12.8. The van der Waals surface area contributed by atoms with E-state index in [0.717, 1.165) is 56.8 Å². The smallest absolute Gasteiger partial charge is 0.230 e. The first-order chi connectivity index (χ1) is 10.7. The Morgan fingerprint density at radius 2 is 2.36 bits per heavy atom. The summed E-state index contributed by atoms with van der Waals surface area (Å²) in [4.78, 5) is 15.1. The van der Waals surface area contributed by atoms with E-state index in [9.17, 15) is 4.79 Å². The monoisotopic (exact) mass is 305 g/mol. The first-order valence-corrected chi connectivity index (χ1v) is 8.23. The molecule has 0 spiro atoms. The van der Waals surface area contributed by atoms with Crippen LogP contribution in [0.2, 0.25) is 0 Å². The molecule has 120 valence electrons. The molecule has 1 aliphatic carbocycles. The molecule has 3 aliphatic rings. The number of carbonyl (C=O) groups is 1. The molecule has 6 heteroatoms. The molecule has 1 saturated carbocycles. The highest BCUT2D eigenvalue weighted by Gasteiger charge is 2.53. The van der Waals surface area contributed by atoms with Crippen molar-refractivity contribution in [2.75, 3.05) is 19.7 Å². The van der Waals surface area contributed by atoms with Crippen molar-refractivity contribution < 1.29 is 14.1 Å². The van der Waals surface area contributed by atoms with Crippen molar-refractivity contribution in [3.05, 3.63) is 17.5 Å². The van der Waals surface area contributed by atoms with Gasteiger partial charge in [-0.25, -0.2) is 0 Å². The minimum absolute atomic E-state index is 0.0709. The van der Waals surface area contributed by atoms with Crippen LogP contribution in [-0.2, 0) is 16.1 Å². The molecule has 0 aromatic carbocycles. The van der Waals surface area contributed by atoms with Crippen molar-refractivity contribution in [1.82, 2.24) is 15.4 Å². The van der Waals surface area contributed by atoms with Gasteiger partial charge >= 0.3 is 0 Å². The Bertz CT molecular complexity index is 569. The Balaban J connectivity index is 1.49. The summed E-state index contributed by atoms with van der Waals surface area (Å²) in [5.41, 5.74) is 0.562. The molecule has 0 bridgehead atoms. The number of amides is 1. The summed E-state index contributed by atoms with van der Waals surface area (Å²) < 4.78 is 11.0. The predicted molar refractivity (Wildman–Crippen MR) is 79.1 cm³/mol. The van der Waals surface area contributed by atoms with Crippen LogP contribution in [0.3, 0.4) is 0 Å². The Morgan fingerprint density at radius 1 is 1.50 bits per heavy atom. The zero-order chi connectivity index (χ0) is 15.2. The molecule has 1 amide bonds. The molecule has 3 heterocycles. The van der Waals surface area contributed by atoms with Gasteiger partial charge in [0.2, 0.25) is 5.91 Å². The lowest BCUT2D eigenvalue weighted by Gasteiger charge is -2.42. The number of hydrogen-bond acceptors (Lipinski definition) is 5. The fraction of sp³-hybridized carbons (Fsp3) is 0.750. The molecule has 2 atom stereocenters. The van der Waals surface area contributed by atoms with E-state index in [1.807, 2.05) is 13.0 Å². The van der Waals surface area contributed by atoms with E-state index in [4.69, 9.17) is 9.26 Å². The van der Waals surface area contributed by atoms with Crippen molar-refractivity contribution in [2.45, 2.75) is 51.3 Å². The normalized spacial score (nSPS) is 32.0. The molecule has 3 fully saturated rings. The molecular weight excluding hydrogens is 282 g/mol. The number of piperidine rings is 1. The van der Waals surface area contributed by atoms with Gasteiger partial charge in [-0.2, -0.15) is 0 Å². The summed E-state index contributed by atoms with van der Waals surface area (Å²) in [5, 5.41) is 7.27. The maximum Gasteiger partial charge on any atom is 0.230 e. The van der Waals surface area contributed by atoms with Gasteiger partial charge in [0.05, 0.1) is 17.2 Å². The highest BCUT2D eigenvalue weighted by molar-refractivity contribution is 5.84. The average Bonchev–Trinajstić information content (AvgIpc) is 3.05. The van der Waals surface area contributed by atoms with Gasteiger partial charge in [0.1, 0.15) is 5.76 Å². The highest BCUT2D eigenvalue weighted by Crippen LogP contribution is 2.42. The maximum absolute atomic E-state index is 12.8. The summed E-state index contributed by atoms with van der Waals surface area (Å²) in [5.74, 6) is 1.02. The summed E-state index contributed by atoms with van der Waals surface area (Å²) in [6.45, 7) is 5.03. The quantitative estimate of drug-likeness (QED) is 0.906. The number of fused-ring (bicyclic) bond motifs is 1. The number of carbonyl (C=O) groups excluding carboxylic acids is 1. The zero-order valence-corrected chi connectivity index (χ0v) is 13.0. The summed E-state index contributed by atoms with van der Waals surface area (Å²) in [6.07, 6.45) is 4.05. The number of aryl methyl sites for hydroxylation is 1. The second-order valence-electron chi connectivity index (χ2n) is 6.94. The van der Waals surface area contributed by atoms with Crippen LogP contribution in [-0.4, -0.2) is 47.8 Å². The number of nitrogens with one attached hydrogen (secondary N) is 1. The molecule has 2 aliphatic heterocycles. The molecule has 1 aromatic heterocycles. The SMILES string of the molecule is Cc1cc(CN2CC[C@H]3OCC[C@@]3(C(=O)NC3CC3)C2)no1. The van der Waals surface area contributed by atoms with Crippen LogP contribution in [0.15, 0.2) is 10.6 Å². The van der Waals surface area contributed by atoms with Crippen molar-refractivity contribution in [3.63, 3.8) is 0 Å². The van der Waals surface area contributed by atoms with Crippen LogP contribution in [0.4, 0.5) is 0 Å². The van der Waals surface area contributed by atoms with Crippen molar-refractivity contribution in [2.24, 2.45) is 5.41 Å². The lowest BCUT2D eigenvalue weighted by Crippen LogP contribution is -2.57. The Hall–Kier alpha value is -1.40. The largest absolute Gasteiger partial charge is 0.377 e. The molecule has 0 unspecified atom stereocenters. The fourth-order valence-corrected chi connectivity index (χ4v) is 3.77. The number of ether oxygens (including phenoxy) is 1. The third-order valence-electron chi connectivity index (χ3n) is 5.12. The van der Waals surface area contributed by atoms with Crippen LogP contribution in [0.25, 0.3) is 0 Å². The lowest BCUT2D eigenvalue weighted by molar-refractivity contribution is -0.139. The van der Waals surface area contributed by atoms with E-state index in [-0.39, 0.29) is 17.4 Å². The molecule has 1 N–H and O–H groups in total. The van der Waals surface area contributed by atoms with Crippen molar-refractivity contribution >= 4 is 5.91 Å². The second-order valence-corrected chi connectivity index (χ2v) is 6.94. The van der Waals surface area contributed by atoms with Gasteiger partial charge in [0.25, 0.3) is 0 Å². The zero-order valence-electron chi connectivity index (χ0n) is 13.0. The first-order valence-electron chi connectivity index (χ1n) is 8.23.